The van der Waals surface area contributed by atoms with E-state index >= 15 is 0 Å². The Labute approximate surface area is 128 Å². The molecule has 2 aromatic heterocycles. The van der Waals surface area contributed by atoms with Crippen molar-refractivity contribution in [3.63, 3.8) is 0 Å². The van der Waals surface area contributed by atoms with Crippen molar-refractivity contribution in [3.05, 3.63) is 59.9 Å². The molecule has 0 saturated carbocycles. The van der Waals surface area contributed by atoms with Gasteiger partial charge in [-0.1, -0.05) is 0 Å². The number of rotatable bonds is 2. The Balaban J connectivity index is 2.03. The van der Waals surface area contributed by atoms with E-state index in [1.165, 1.54) is 48.3 Å². The molecule has 3 aromatic rings. The maximum absolute atomic E-state index is 12.9. The van der Waals surface area contributed by atoms with Crippen molar-refractivity contribution in [2.24, 2.45) is 0 Å². The van der Waals surface area contributed by atoms with Crippen LogP contribution < -0.4 is 0 Å². The van der Waals surface area contributed by atoms with E-state index in [0.717, 1.165) is 6.20 Å². The van der Waals surface area contributed by atoms with Crippen molar-refractivity contribution in [1.82, 2.24) is 19.7 Å². The van der Waals surface area contributed by atoms with Crippen molar-refractivity contribution in [1.29, 1.82) is 0 Å². The van der Waals surface area contributed by atoms with E-state index in [1.54, 1.807) is 0 Å². The third-order valence-electron chi connectivity index (χ3n) is 3.29. The van der Waals surface area contributed by atoms with Gasteiger partial charge in [0.05, 0.1) is 5.69 Å². The molecule has 0 spiro atoms. The summed E-state index contributed by atoms with van der Waals surface area (Å²) < 4.78 is 52.9. The van der Waals surface area contributed by atoms with Crippen LogP contribution in [0.3, 0.4) is 0 Å². The number of halogens is 4. The molecular weight excluding hydrogens is 312 g/mol. The standard InChI is InChI=1S/C15H10F4N4/c1-9-12(6-7-20-13(9)15(17,18)19)23-8-21-14(22-23)10-2-4-11(16)5-3-10/h2-8H,1H3. The van der Waals surface area contributed by atoms with Crippen LogP contribution in [0.15, 0.2) is 42.9 Å². The summed E-state index contributed by atoms with van der Waals surface area (Å²) in [6, 6.07) is 6.93. The fraction of sp³-hybridized carbons (Fsp3) is 0.133. The Morgan fingerprint density at radius 3 is 2.35 bits per heavy atom. The summed E-state index contributed by atoms with van der Waals surface area (Å²) in [7, 11) is 0. The fourth-order valence-electron chi connectivity index (χ4n) is 2.17. The third-order valence-corrected chi connectivity index (χ3v) is 3.29. The molecule has 0 radical (unpaired) electrons. The monoisotopic (exact) mass is 322 g/mol. The Kier molecular flexibility index (Phi) is 3.59. The van der Waals surface area contributed by atoms with Gasteiger partial charge < -0.3 is 0 Å². The van der Waals surface area contributed by atoms with E-state index in [0.29, 0.717) is 5.56 Å². The van der Waals surface area contributed by atoms with Gasteiger partial charge in [-0.2, -0.15) is 13.2 Å². The quantitative estimate of drug-likeness (QED) is 0.674. The normalized spacial score (nSPS) is 11.7. The van der Waals surface area contributed by atoms with E-state index in [9.17, 15) is 17.6 Å². The second kappa shape index (κ2) is 5.45. The topological polar surface area (TPSA) is 43.6 Å². The van der Waals surface area contributed by atoms with Crippen LogP contribution in [0.25, 0.3) is 17.1 Å². The Morgan fingerprint density at radius 1 is 1.00 bits per heavy atom. The van der Waals surface area contributed by atoms with E-state index in [4.69, 9.17) is 0 Å². The van der Waals surface area contributed by atoms with Gasteiger partial charge in [0.2, 0.25) is 0 Å². The minimum absolute atomic E-state index is 0.0458. The molecule has 0 N–H and O–H groups in total. The van der Waals surface area contributed by atoms with Crippen LogP contribution in [0.4, 0.5) is 17.6 Å². The van der Waals surface area contributed by atoms with Crippen molar-refractivity contribution >= 4 is 0 Å². The predicted molar refractivity (Wildman–Crippen MR) is 74.3 cm³/mol. The van der Waals surface area contributed by atoms with Gasteiger partial charge in [0, 0.05) is 17.3 Å². The van der Waals surface area contributed by atoms with E-state index < -0.39 is 17.7 Å². The molecule has 0 unspecified atom stereocenters. The largest absolute Gasteiger partial charge is 0.433 e. The number of benzene rings is 1. The zero-order chi connectivity index (χ0) is 16.6. The maximum Gasteiger partial charge on any atom is 0.433 e. The molecule has 4 nitrogen and oxygen atoms in total. The molecule has 118 valence electrons. The lowest BCUT2D eigenvalue weighted by Gasteiger charge is -2.12. The maximum atomic E-state index is 12.9. The second-order valence-corrected chi connectivity index (χ2v) is 4.82. The van der Waals surface area contributed by atoms with Gasteiger partial charge >= 0.3 is 6.18 Å². The van der Waals surface area contributed by atoms with Gasteiger partial charge in [-0.15, -0.1) is 5.10 Å². The molecule has 0 aliphatic heterocycles. The molecule has 1 aromatic carbocycles. The Hall–Kier alpha value is -2.77. The fourth-order valence-corrected chi connectivity index (χ4v) is 2.17. The average molecular weight is 322 g/mol. The number of alkyl halides is 3. The number of hydrogen-bond acceptors (Lipinski definition) is 3. The van der Waals surface area contributed by atoms with E-state index in [-0.39, 0.29) is 17.1 Å². The highest BCUT2D eigenvalue weighted by molar-refractivity contribution is 5.54. The first-order chi connectivity index (χ1) is 10.9. The van der Waals surface area contributed by atoms with Crippen LogP contribution in [-0.2, 0) is 6.18 Å². The molecule has 0 atom stereocenters. The zero-order valence-corrected chi connectivity index (χ0v) is 11.8. The molecular formula is C15H10F4N4. The SMILES string of the molecule is Cc1c(-n2cnc(-c3ccc(F)cc3)n2)ccnc1C(F)(F)F. The van der Waals surface area contributed by atoms with Crippen LogP contribution in [0.5, 0.6) is 0 Å². The Bertz CT molecular complexity index is 837. The van der Waals surface area contributed by atoms with Crippen LogP contribution in [0, 0.1) is 12.7 Å². The van der Waals surface area contributed by atoms with Crippen molar-refractivity contribution in [3.8, 4) is 17.1 Å². The van der Waals surface area contributed by atoms with Gasteiger partial charge in [0.15, 0.2) is 5.82 Å². The van der Waals surface area contributed by atoms with Crippen LogP contribution >= 0.6 is 0 Å². The number of nitrogens with zero attached hydrogens (tertiary/aromatic N) is 4. The van der Waals surface area contributed by atoms with Gasteiger partial charge in [-0.25, -0.2) is 14.1 Å². The first-order valence-electron chi connectivity index (χ1n) is 6.57. The highest BCUT2D eigenvalue weighted by Gasteiger charge is 2.35. The summed E-state index contributed by atoms with van der Waals surface area (Å²) in [6.45, 7) is 1.32. The van der Waals surface area contributed by atoms with Crippen molar-refractivity contribution < 1.29 is 17.6 Å². The number of hydrogen-bond donors (Lipinski definition) is 0. The summed E-state index contributed by atoms with van der Waals surface area (Å²) in [5.41, 5.74) is -0.217. The van der Waals surface area contributed by atoms with Crippen molar-refractivity contribution in [2.75, 3.05) is 0 Å². The molecule has 0 fully saturated rings. The second-order valence-electron chi connectivity index (χ2n) is 4.82. The molecule has 0 saturated heterocycles. The summed E-state index contributed by atoms with van der Waals surface area (Å²) in [4.78, 5) is 7.44. The molecule has 0 aliphatic rings. The number of pyridine rings is 1. The predicted octanol–water partition coefficient (Wildman–Crippen LogP) is 3.80. The highest BCUT2D eigenvalue weighted by Crippen LogP contribution is 2.32. The molecule has 3 rings (SSSR count). The zero-order valence-electron chi connectivity index (χ0n) is 11.8. The van der Waals surface area contributed by atoms with Crippen molar-refractivity contribution in [2.45, 2.75) is 13.1 Å². The summed E-state index contributed by atoms with van der Waals surface area (Å²) in [5.74, 6) is -0.109. The third kappa shape index (κ3) is 2.92. The molecule has 0 bridgehead atoms. The van der Waals surface area contributed by atoms with Gasteiger partial charge in [0.1, 0.15) is 17.8 Å². The van der Waals surface area contributed by atoms with Gasteiger partial charge in [-0.3, -0.25) is 4.98 Å². The lowest BCUT2D eigenvalue weighted by atomic mass is 10.2. The number of aromatic nitrogens is 4. The summed E-state index contributed by atoms with van der Waals surface area (Å²) in [6.07, 6.45) is -2.16. The smallest absolute Gasteiger partial charge is 0.251 e. The summed E-state index contributed by atoms with van der Waals surface area (Å²) >= 11 is 0. The minimum Gasteiger partial charge on any atom is -0.251 e. The van der Waals surface area contributed by atoms with Crippen LogP contribution in [0.2, 0.25) is 0 Å². The first kappa shape index (κ1) is 15.1. The van der Waals surface area contributed by atoms with Crippen LogP contribution in [-0.4, -0.2) is 19.7 Å². The minimum atomic E-state index is -4.54. The molecule has 0 amide bonds. The first-order valence-corrected chi connectivity index (χ1v) is 6.57. The Morgan fingerprint density at radius 2 is 1.70 bits per heavy atom. The van der Waals surface area contributed by atoms with Gasteiger partial charge in [-0.05, 0) is 37.3 Å². The van der Waals surface area contributed by atoms with E-state index in [2.05, 4.69) is 15.1 Å². The molecule has 8 heteroatoms. The summed E-state index contributed by atoms with van der Waals surface area (Å²) in [5, 5.41) is 4.15. The van der Waals surface area contributed by atoms with Gasteiger partial charge in [0.25, 0.3) is 0 Å². The van der Waals surface area contributed by atoms with E-state index in [1.807, 2.05) is 0 Å². The molecule has 23 heavy (non-hydrogen) atoms. The lowest BCUT2D eigenvalue weighted by molar-refractivity contribution is -0.141. The van der Waals surface area contributed by atoms with Crippen LogP contribution in [0.1, 0.15) is 11.3 Å². The molecule has 0 aliphatic carbocycles. The lowest BCUT2D eigenvalue weighted by Crippen LogP contribution is -2.12. The average Bonchev–Trinajstić information content (AvgIpc) is 2.96. The highest BCUT2D eigenvalue weighted by atomic mass is 19.4. The molecule has 2 heterocycles.